The number of nitrogens with one attached hydrogen (secondary N) is 6. The molecule has 8 heterocycles. The van der Waals surface area contributed by atoms with Crippen molar-refractivity contribution in [2.45, 2.75) is 120 Å². The average Bonchev–Trinajstić information content (AvgIpc) is 1.63. The van der Waals surface area contributed by atoms with Crippen molar-refractivity contribution in [2.75, 3.05) is 49.2 Å². The second-order valence-corrected chi connectivity index (χ2v) is 26.9. The van der Waals surface area contributed by atoms with E-state index in [1.54, 1.807) is 38.1 Å². The zero-order valence-electron chi connectivity index (χ0n) is 48.3. The number of carbonyl (C=O) groups is 8. The lowest BCUT2D eigenvalue weighted by atomic mass is 10.0. The molecule has 1 aromatic carbocycles. The minimum absolute atomic E-state index is 0.000416. The number of imidazole rings is 2. The number of hydrogen-bond acceptors (Lipinski definition) is 24. The van der Waals surface area contributed by atoms with Gasteiger partial charge in [-0.05, 0) is 61.1 Å². The number of nitrogens with zero attached hydrogens (tertiary/aromatic N) is 9. The van der Waals surface area contributed by atoms with Gasteiger partial charge in [0.25, 0.3) is 11.8 Å². The normalized spacial score (nSPS) is 25.6. The molecule has 2 unspecified atom stereocenters. The third-order valence-corrected chi connectivity index (χ3v) is 17.6. The number of nitrogen functional groups attached to an aromatic ring is 1. The Labute approximate surface area is 525 Å². The second-order valence-electron chi connectivity index (χ2n) is 21.2. The molecule has 9 amide bonds. The summed E-state index contributed by atoms with van der Waals surface area (Å²) in [6.07, 6.45) is -7.19. The molecule has 91 heavy (non-hydrogen) atoms. The summed E-state index contributed by atoms with van der Waals surface area (Å²) in [6.45, 7) is -7.21. The number of carbonyl (C=O) groups excluding carboxylic acids is 8. The molecule has 0 bridgehead atoms. The van der Waals surface area contributed by atoms with Crippen molar-refractivity contribution in [3.05, 3.63) is 67.3 Å². The maximum Gasteiger partial charge on any atom is 0.407 e. The number of ether oxygens (including phenoxy) is 3. The van der Waals surface area contributed by atoms with Gasteiger partial charge in [0.05, 0.1) is 25.9 Å². The van der Waals surface area contributed by atoms with Gasteiger partial charge in [0.2, 0.25) is 23.6 Å². The average molecular weight is 1350 g/mol. The van der Waals surface area contributed by atoms with Crippen LogP contribution >= 0.6 is 25.8 Å². The van der Waals surface area contributed by atoms with Crippen LogP contribution in [0.4, 0.5) is 35.7 Å². The molecule has 0 spiro atoms. The summed E-state index contributed by atoms with van der Waals surface area (Å²) in [7, 11) is 0. The SMILES string of the molecule is CC(C)[C@H](NC(=O)CCN1C(=O)C=CC1=O)C(=O)N[C@@H](CCCCNC(N)=O)C(=O)Nc1ccc(COC(=O)NCCCC(=O)Nc2ncnc3c2ncn3[C@@H]2O[C@@H]3COP(O)(=S)O[C@H]4[C@@H](F)[C@H](n5cnc6c(N)ncnc65)O[C@@H]4COP(=O)(S)O[C@H]3[C@H]2F)cc1. The maximum atomic E-state index is 16.7. The lowest BCUT2D eigenvalue weighted by Crippen LogP contribution is -2.54. The molecule has 0 aliphatic carbocycles. The fourth-order valence-corrected chi connectivity index (χ4v) is 12.8. The van der Waals surface area contributed by atoms with E-state index in [0.717, 1.165) is 40.6 Å². The van der Waals surface area contributed by atoms with Crippen LogP contribution in [0.25, 0.3) is 22.3 Å². The summed E-state index contributed by atoms with van der Waals surface area (Å²) < 4.78 is 88.6. The third kappa shape index (κ3) is 17.0. The van der Waals surface area contributed by atoms with Crippen molar-refractivity contribution in [1.82, 2.24) is 65.2 Å². The number of halogens is 2. The minimum Gasteiger partial charge on any atom is -0.445 e. The number of urea groups is 1. The van der Waals surface area contributed by atoms with Crippen LogP contribution in [0.2, 0.25) is 0 Å². The van der Waals surface area contributed by atoms with Gasteiger partial charge in [-0.2, -0.15) is 0 Å². The van der Waals surface area contributed by atoms with Crippen LogP contribution in [0.1, 0.15) is 70.4 Å². The number of unbranched alkanes of at least 4 members (excludes halogenated alkanes) is 1. The second kappa shape index (κ2) is 29.7. The lowest BCUT2D eigenvalue weighted by Gasteiger charge is -2.29. The Bertz CT molecular complexity index is 3670. The van der Waals surface area contributed by atoms with Crippen LogP contribution in [-0.2, 0) is 84.1 Å². The van der Waals surface area contributed by atoms with E-state index in [9.17, 15) is 47.8 Å². The number of alkyl carbamates (subject to hydrolysis) is 1. The fraction of sp³-hybridized carbons (Fsp3) is 0.490. The van der Waals surface area contributed by atoms with E-state index in [1.807, 2.05) is 0 Å². The number of nitrogens with two attached hydrogens (primary N) is 2. The monoisotopic (exact) mass is 1350 g/mol. The van der Waals surface area contributed by atoms with Gasteiger partial charge in [0.15, 0.2) is 53.2 Å². The van der Waals surface area contributed by atoms with E-state index in [1.165, 1.54) is 10.9 Å². The molecule has 3 saturated heterocycles. The van der Waals surface area contributed by atoms with E-state index < -0.39 is 142 Å². The van der Waals surface area contributed by atoms with Gasteiger partial charge in [0, 0.05) is 50.3 Å². The van der Waals surface area contributed by atoms with Crippen molar-refractivity contribution in [3.8, 4) is 0 Å². The van der Waals surface area contributed by atoms with Crippen molar-refractivity contribution in [1.29, 1.82) is 0 Å². The first-order valence-electron chi connectivity index (χ1n) is 28.1. The Hall–Kier alpha value is -7.77. The summed E-state index contributed by atoms with van der Waals surface area (Å²) in [6, 6.07) is 3.35. The molecule has 490 valence electrons. The first-order valence-corrected chi connectivity index (χ1v) is 33.4. The maximum absolute atomic E-state index is 16.7. The van der Waals surface area contributed by atoms with Gasteiger partial charge >= 0.3 is 25.6 Å². The fourth-order valence-electron chi connectivity index (χ4n) is 9.85. The van der Waals surface area contributed by atoms with E-state index >= 15 is 8.78 Å². The molecule has 40 heteroatoms. The number of primary amides is 1. The quantitative estimate of drug-likeness (QED) is 0.0194. The zero-order chi connectivity index (χ0) is 65.3. The Balaban J connectivity index is 0.728. The lowest BCUT2D eigenvalue weighted by molar-refractivity contribution is -0.137. The number of aromatic nitrogens is 8. The standard InChI is InChI=1S/C51H63F2N17O17P2S2/c1-25(2)37(66-32(72)14-17-68-33(73)12-13-34(68)74)47(76)65-28(6-3-4-15-56-50(55)77)46(75)64-27-10-8-26(9-11-27)18-81-51(78)57-16-5-7-31(71)67-43-39-45(61-22-59-43)70(24-63-39)49-36(53)41-30(85-49)20-83-88(79,90)86-40-29(19-82-89(80,91)87-41)84-48(35(40)52)69-23-62-38-42(54)58-21-60-44(38)69/h8-13,21-25,28-30,35-37,40-41,48-49H,3-7,14-20H2,1-2H3,(H,57,78)(H,64,75)(H,65,76)(H,66,72)(H,79,90)(H,80,91)(H2,54,58,60)(H3,55,56,77)(H,59,61,67,71)/t28-,29+,30+,35+,36+,37-,40+,41+,48+,49+,88?,89?/m0/s1. The highest BCUT2D eigenvalue weighted by molar-refractivity contribution is 8.44. The first kappa shape index (κ1) is 67.6. The zero-order valence-corrected chi connectivity index (χ0v) is 51.8. The molecule has 4 aromatic heterocycles. The molecule has 34 nitrogen and oxygen atoms in total. The van der Waals surface area contributed by atoms with Crippen LogP contribution in [0.3, 0.4) is 0 Å². The van der Waals surface area contributed by atoms with Gasteiger partial charge in [-0.3, -0.25) is 56.4 Å². The van der Waals surface area contributed by atoms with Gasteiger partial charge in [0.1, 0.15) is 61.3 Å². The third-order valence-electron chi connectivity index (χ3n) is 14.4. The van der Waals surface area contributed by atoms with E-state index in [0.29, 0.717) is 24.1 Å². The largest absolute Gasteiger partial charge is 0.445 e. The van der Waals surface area contributed by atoms with E-state index in [-0.39, 0.29) is 85.9 Å². The molecule has 12 atom stereocenters. The topological polar surface area (TPSA) is 453 Å². The minimum atomic E-state index is -4.56. The highest BCUT2D eigenvalue weighted by atomic mass is 32.7. The number of anilines is 3. The number of benzene rings is 1. The molecule has 0 saturated carbocycles. The Morgan fingerprint density at radius 3 is 2.05 bits per heavy atom. The number of fused-ring (bicyclic) bond motifs is 4. The summed E-state index contributed by atoms with van der Waals surface area (Å²) in [4.78, 5) is 138. The number of thiol groups is 1. The van der Waals surface area contributed by atoms with Crippen molar-refractivity contribution in [3.63, 3.8) is 0 Å². The molecule has 11 N–H and O–H groups in total. The van der Waals surface area contributed by atoms with E-state index in [4.69, 9.17) is 55.6 Å². The van der Waals surface area contributed by atoms with Crippen LogP contribution in [0.5, 0.6) is 0 Å². The number of hydrogen-bond donors (Lipinski definition) is 10. The summed E-state index contributed by atoms with van der Waals surface area (Å²) in [5, 5.41) is 15.7. The highest BCUT2D eigenvalue weighted by Gasteiger charge is 2.54. The molecular formula is C51H63F2N17O17P2S2. The summed E-state index contributed by atoms with van der Waals surface area (Å²) >= 11 is 9.30. The number of rotatable bonds is 23. The summed E-state index contributed by atoms with van der Waals surface area (Å²) in [5.41, 5.74) is 12.1. The van der Waals surface area contributed by atoms with Crippen molar-refractivity contribution < 1.29 is 88.9 Å². The Morgan fingerprint density at radius 2 is 1.40 bits per heavy atom. The van der Waals surface area contributed by atoms with Crippen LogP contribution in [0.15, 0.2) is 61.7 Å². The smallest absolute Gasteiger partial charge is 0.407 e. The number of amides is 9. The molecule has 5 aromatic rings. The van der Waals surface area contributed by atoms with Gasteiger partial charge < -0.3 is 67.0 Å². The molecule has 4 aliphatic heterocycles. The van der Waals surface area contributed by atoms with Crippen molar-refractivity contribution >= 4 is 125 Å². The molecule has 4 aliphatic rings. The molecular weight excluding hydrogens is 1290 g/mol. The van der Waals surface area contributed by atoms with E-state index in [2.05, 4.69) is 74.1 Å². The number of imide groups is 1. The Morgan fingerprint density at radius 1 is 0.780 bits per heavy atom. The number of alkyl halides is 2. The predicted molar refractivity (Wildman–Crippen MR) is 319 cm³/mol. The van der Waals surface area contributed by atoms with Gasteiger partial charge in [-0.1, -0.05) is 38.2 Å². The predicted octanol–water partition coefficient (Wildman–Crippen LogP) is 2.15. The molecule has 0 radical (unpaired) electrons. The van der Waals surface area contributed by atoms with Gasteiger partial charge in [-0.25, -0.2) is 52.8 Å². The first-order chi connectivity index (χ1) is 43.3. The molecule has 9 rings (SSSR count). The van der Waals surface area contributed by atoms with Crippen LogP contribution < -0.4 is 43.4 Å². The van der Waals surface area contributed by atoms with Crippen LogP contribution in [0, 0.1) is 5.92 Å². The Kier molecular flexibility index (Phi) is 22.0. The molecule has 3 fully saturated rings. The van der Waals surface area contributed by atoms with Crippen molar-refractivity contribution in [2.24, 2.45) is 11.7 Å². The van der Waals surface area contributed by atoms with Gasteiger partial charge in [-0.15, -0.1) is 0 Å². The van der Waals surface area contributed by atoms with Crippen LogP contribution in [-0.4, -0.2) is 178 Å². The highest BCUT2D eigenvalue weighted by Crippen LogP contribution is 2.59. The summed E-state index contributed by atoms with van der Waals surface area (Å²) in [5.74, 6) is -4.02.